The number of hydrogen-bond acceptors (Lipinski definition) is 4. The lowest BCUT2D eigenvalue weighted by atomic mass is 10.0. The molecule has 0 radical (unpaired) electrons. The highest BCUT2D eigenvalue weighted by Gasteiger charge is 2.14. The molecule has 0 aliphatic rings. The molecule has 7 nitrogen and oxygen atoms in total. The van der Waals surface area contributed by atoms with Gasteiger partial charge in [-0.05, 0) is 41.5 Å². The molecule has 0 fully saturated rings. The Hall–Kier alpha value is -4.33. The Labute approximate surface area is 181 Å². The van der Waals surface area contributed by atoms with E-state index in [2.05, 4.69) is 15.5 Å². The summed E-state index contributed by atoms with van der Waals surface area (Å²) in [5.41, 5.74) is 1.69. The van der Waals surface area contributed by atoms with Crippen LogP contribution in [0.15, 0.2) is 71.5 Å². The van der Waals surface area contributed by atoms with Gasteiger partial charge in [0, 0.05) is 18.4 Å². The van der Waals surface area contributed by atoms with Crippen LogP contribution in [0.5, 0.6) is 0 Å². The van der Waals surface area contributed by atoms with E-state index >= 15 is 0 Å². The predicted octanol–water partition coefficient (Wildman–Crippen LogP) is 3.28. The number of aromatic nitrogens is 2. The highest BCUT2D eigenvalue weighted by Crippen LogP contribution is 2.18. The summed E-state index contributed by atoms with van der Waals surface area (Å²) in [6, 6.07) is 17.4. The van der Waals surface area contributed by atoms with Crippen molar-refractivity contribution in [3.63, 3.8) is 0 Å². The van der Waals surface area contributed by atoms with Crippen LogP contribution in [-0.2, 0) is 13.0 Å². The molecule has 3 N–H and O–H groups in total. The lowest BCUT2D eigenvalue weighted by molar-refractivity contribution is 0.0696. The molecule has 0 saturated carbocycles. The van der Waals surface area contributed by atoms with E-state index in [-0.39, 0.29) is 23.2 Å². The minimum absolute atomic E-state index is 0.113. The molecule has 0 atom stereocenters. The zero-order valence-electron chi connectivity index (χ0n) is 16.8. The highest BCUT2D eigenvalue weighted by molar-refractivity contribution is 5.94. The molecular formula is C24H18FN3O4. The normalized spacial score (nSPS) is 10.8. The molecule has 0 unspecified atom stereocenters. The van der Waals surface area contributed by atoms with Crippen LogP contribution in [0.1, 0.15) is 37.5 Å². The van der Waals surface area contributed by atoms with Crippen molar-refractivity contribution in [3.8, 4) is 0 Å². The van der Waals surface area contributed by atoms with Gasteiger partial charge in [0.25, 0.3) is 11.5 Å². The maximum atomic E-state index is 14.3. The van der Waals surface area contributed by atoms with Gasteiger partial charge < -0.3 is 10.4 Å². The van der Waals surface area contributed by atoms with Gasteiger partial charge in [0.1, 0.15) is 5.82 Å². The molecule has 0 aliphatic carbocycles. The summed E-state index contributed by atoms with van der Waals surface area (Å²) in [5.74, 6) is -2.29. The number of aromatic carboxylic acids is 1. The molecule has 32 heavy (non-hydrogen) atoms. The van der Waals surface area contributed by atoms with Crippen molar-refractivity contribution >= 4 is 22.6 Å². The number of carboxylic acid groups (broad SMARTS) is 1. The number of rotatable bonds is 6. The molecule has 8 heteroatoms. The maximum absolute atomic E-state index is 14.3. The Morgan fingerprint density at radius 2 is 1.66 bits per heavy atom. The van der Waals surface area contributed by atoms with Crippen LogP contribution in [0.4, 0.5) is 4.39 Å². The van der Waals surface area contributed by atoms with Crippen molar-refractivity contribution < 1.29 is 19.1 Å². The Kier molecular flexibility index (Phi) is 5.76. The van der Waals surface area contributed by atoms with Gasteiger partial charge >= 0.3 is 5.97 Å². The first-order valence-electron chi connectivity index (χ1n) is 9.77. The maximum Gasteiger partial charge on any atom is 0.335 e. The lowest BCUT2D eigenvalue weighted by Crippen LogP contribution is -2.24. The topological polar surface area (TPSA) is 112 Å². The molecule has 0 spiro atoms. The smallest absolute Gasteiger partial charge is 0.335 e. The van der Waals surface area contributed by atoms with Crippen molar-refractivity contribution in [2.24, 2.45) is 0 Å². The number of aromatic amines is 1. The van der Waals surface area contributed by atoms with Crippen molar-refractivity contribution in [3.05, 3.63) is 111 Å². The predicted molar refractivity (Wildman–Crippen MR) is 116 cm³/mol. The number of nitrogens with one attached hydrogen (secondary N) is 2. The van der Waals surface area contributed by atoms with E-state index in [1.54, 1.807) is 42.5 Å². The number of carboxylic acids is 1. The number of H-pyrrole nitrogens is 1. The summed E-state index contributed by atoms with van der Waals surface area (Å²) in [6.07, 6.45) is 0.300. The van der Waals surface area contributed by atoms with Crippen molar-refractivity contribution in [2.75, 3.05) is 0 Å². The van der Waals surface area contributed by atoms with E-state index in [1.165, 1.54) is 24.3 Å². The van der Waals surface area contributed by atoms with E-state index in [9.17, 15) is 18.8 Å². The number of carbonyl (C=O) groups is 2. The molecule has 1 amide bonds. The fourth-order valence-electron chi connectivity index (χ4n) is 3.40. The van der Waals surface area contributed by atoms with Crippen molar-refractivity contribution in [1.29, 1.82) is 0 Å². The highest BCUT2D eigenvalue weighted by atomic mass is 19.1. The van der Waals surface area contributed by atoms with Gasteiger partial charge in [0.05, 0.1) is 22.2 Å². The first-order chi connectivity index (χ1) is 15.4. The van der Waals surface area contributed by atoms with Crippen LogP contribution in [0, 0.1) is 5.82 Å². The first kappa shape index (κ1) is 20.9. The number of hydrogen-bond donors (Lipinski definition) is 3. The van der Waals surface area contributed by atoms with E-state index in [1.807, 2.05) is 0 Å². The van der Waals surface area contributed by atoms with Crippen molar-refractivity contribution in [2.45, 2.75) is 13.0 Å². The third kappa shape index (κ3) is 4.39. The molecular weight excluding hydrogens is 413 g/mol. The Morgan fingerprint density at radius 1 is 0.969 bits per heavy atom. The molecule has 0 bridgehead atoms. The SMILES string of the molecule is O=C(O)c1ccc(CNC(=O)c2cc(Cc3n[nH]c(=O)c4ccccc34)ccc2F)cc1. The number of nitrogens with zero attached hydrogens (tertiary/aromatic N) is 1. The largest absolute Gasteiger partial charge is 0.478 e. The standard InChI is InChI=1S/C24H18FN3O4/c25-20-10-7-15(12-21-17-3-1-2-4-18(17)23(30)28-27-21)11-19(20)22(29)26-13-14-5-8-16(9-6-14)24(31)32/h1-11H,12-13H2,(H,26,29)(H,28,30)(H,31,32). The Balaban J connectivity index is 1.53. The van der Waals surface area contributed by atoms with Crippen LogP contribution < -0.4 is 10.9 Å². The van der Waals surface area contributed by atoms with Gasteiger partial charge in [-0.15, -0.1) is 0 Å². The van der Waals surface area contributed by atoms with E-state index < -0.39 is 17.7 Å². The molecule has 1 heterocycles. The second kappa shape index (κ2) is 8.81. The fourth-order valence-corrected chi connectivity index (χ4v) is 3.40. The van der Waals surface area contributed by atoms with E-state index in [0.29, 0.717) is 34.0 Å². The molecule has 1 aromatic heterocycles. The molecule has 0 saturated heterocycles. The van der Waals surface area contributed by atoms with Crippen LogP contribution >= 0.6 is 0 Å². The average molecular weight is 431 g/mol. The monoisotopic (exact) mass is 431 g/mol. The molecule has 4 aromatic rings. The van der Waals surface area contributed by atoms with Crippen LogP contribution in [0.3, 0.4) is 0 Å². The van der Waals surface area contributed by atoms with Gasteiger partial charge in [0.2, 0.25) is 0 Å². The molecule has 4 rings (SSSR count). The number of halogens is 1. The number of benzene rings is 3. The summed E-state index contributed by atoms with van der Waals surface area (Å²) in [6.45, 7) is 0.120. The van der Waals surface area contributed by atoms with Gasteiger partial charge in [-0.3, -0.25) is 9.59 Å². The van der Waals surface area contributed by atoms with Crippen LogP contribution in [0.25, 0.3) is 10.8 Å². The third-order valence-electron chi connectivity index (χ3n) is 5.08. The average Bonchev–Trinajstić information content (AvgIpc) is 2.81. The summed E-state index contributed by atoms with van der Waals surface area (Å²) < 4.78 is 14.3. The second-order valence-corrected chi connectivity index (χ2v) is 7.22. The fraction of sp³-hybridized carbons (Fsp3) is 0.0833. The lowest BCUT2D eigenvalue weighted by Gasteiger charge is -2.09. The second-order valence-electron chi connectivity index (χ2n) is 7.22. The minimum Gasteiger partial charge on any atom is -0.478 e. The van der Waals surface area contributed by atoms with Crippen LogP contribution in [0.2, 0.25) is 0 Å². The quantitative estimate of drug-likeness (QED) is 0.434. The Bertz CT molecular complexity index is 1380. The summed E-state index contributed by atoms with van der Waals surface area (Å²) in [4.78, 5) is 35.4. The number of fused-ring (bicyclic) bond motifs is 1. The first-order valence-corrected chi connectivity index (χ1v) is 9.77. The van der Waals surface area contributed by atoms with Gasteiger partial charge in [-0.2, -0.15) is 5.10 Å². The minimum atomic E-state index is -1.04. The number of amides is 1. The van der Waals surface area contributed by atoms with Gasteiger partial charge in [-0.1, -0.05) is 36.4 Å². The summed E-state index contributed by atoms with van der Waals surface area (Å²) >= 11 is 0. The Morgan fingerprint density at radius 3 is 2.38 bits per heavy atom. The summed E-state index contributed by atoms with van der Waals surface area (Å²) in [7, 11) is 0. The third-order valence-corrected chi connectivity index (χ3v) is 5.08. The van der Waals surface area contributed by atoms with E-state index in [0.717, 1.165) is 0 Å². The number of carbonyl (C=O) groups excluding carboxylic acids is 1. The molecule has 3 aromatic carbocycles. The molecule has 0 aliphatic heterocycles. The van der Waals surface area contributed by atoms with Crippen molar-refractivity contribution in [1.82, 2.24) is 15.5 Å². The van der Waals surface area contributed by atoms with Gasteiger partial charge in [0.15, 0.2) is 0 Å². The van der Waals surface area contributed by atoms with E-state index in [4.69, 9.17) is 5.11 Å². The zero-order valence-corrected chi connectivity index (χ0v) is 16.8. The summed E-state index contributed by atoms with van der Waals surface area (Å²) in [5, 5.41) is 19.4. The molecule has 160 valence electrons. The van der Waals surface area contributed by atoms with Crippen LogP contribution in [-0.4, -0.2) is 27.2 Å². The van der Waals surface area contributed by atoms with Gasteiger partial charge in [-0.25, -0.2) is 14.3 Å². The zero-order chi connectivity index (χ0) is 22.7.